The molecular weight excluding hydrogens is 335 g/mol. The number of benzene rings is 3. The van der Waals surface area contributed by atoms with Crippen LogP contribution in [-0.2, 0) is 0 Å². The average molecular weight is 348 g/mol. The minimum absolute atomic E-state index is 0.249. The highest BCUT2D eigenvalue weighted by Gasteiger charge is 2.15. The molecule has 1 aromatic heterocycles. The van der Waals surface area contributed by atoms with Gasteiger partial charge in [0.05, 0.1) is 10.2 Å². The second-order valence-electron chi connectivity index (χ2n) is 5.49. The van der Waals surface area contributed by atoms with Crippen molar-refractivity contribution in [2.75, 3.05) is 5.32 Å². The number of anilines is 1. The van der Waals surface area contributed by atoms with Gasteiger partial charge in [0.1, 0.15) is 10.8 Å². The van der Waals surface area contributed by atoms with Crippen LogP contribution in [0.15, 0.2) is 72.8 Å². The number of fused-ring (bicyclic) bond motifs is 1. The number of amides is 1. The lowest BCUT2D eigenvalue weighted by Gasteiger charge is -2.08. The highest BCUT2D eigenvalue weighted by atomic mass is 32.1. The van der Waals surface area contributed by atoms with E-state index in [-0.39, 0.29) is 11.7 Å². The van der Waals surface area contributed by atoms with Gasteiger partial charge in [0.2, 0.25) is 0 Å². The Morgan fingerprint density at radius 3 is 2.44 bits per heavy atom. The van der Waals surface area contributed by atoms with Crippen LogP contribution < -0.4 is 5.32 Å². The fraction of sp³-hybridized carbons (Fsp3) is 0. The molecule has 5 heteroatoms. The summed E-state index contributed by atoms with van der Waals surface area (Å²) in [5.74, 6) is -0.589. The highest BCUT2D eigenvalue weighted by molar-refractivity contribution is 7.21. The molecule has 25 heavy (non-hydrogen) atoms. The smallest absolute Gasteiger partial charge is 0.256 e. The van der Waals surface area contributed by atoms with Gasteiger partial charge in [-0.3, -0.25) is 4.79 Å². The topological polar surface area (TPSA) is 42.0 Å². The zero-order valence-electron chi connectivity index (χ0n) is 13.1. The predicted octanol–water partition coefficient (Wildman–Crippen LogP) is 5.35. The van der Waals surface area contributed by atoms with Gasteiger partial charge in [-0.15, -0.1) is 11.3 Å². The van der Waals surface area contributed by atoms with Gasteiger partial charge in [0, 0.05) is 16.8 Å². The fourth-order valence-corrected chi connectivity index (χ4v) is 3.59. The summed E-state index contributed by atoms with van der Waals surface area (Å²) in [5, 5.41) is 3.60. The molecular formula is C20H13FN2OS. The number of hydrogen-bond donors (Lipinski definition) is 1. The van der Waals surface area contributed by atoms with Crippen molar-refractivity contribution in [3.05, 3.63) is 84.2 Å². The maximum Gasteiger partial charge on any atom is 0.256 e. The Labute approximate surface area is 147 Å². The van der Waals surface area contributed by atoms with E-state index in [1.165, 1.54) is 24.3 Å². The average Bonchev–Trinajstić information content (AvgIpc) is 3.07. The summed E-state index contributed by atoms with van der Waals surface area (Å²) >= 11 is 1.55. The number of carbonyl (C=O) groups is 1. The molecule has 0 fully saturated rings. The summed E-state index contributed by atoms with van der Waals surface area (Å²) in [6, 6.07) is 20.9. The normalized spacial score (nSPS) is 10.8. The maximum atomic E-state index is 13.0. The van der Waals surface area contributed by atoms with Crippen LogP contribution in [0.1, 0.15) is 10.4 Å². The summed E-state index contributed by atoms with van der Waals surface area (Å²) in [7, 11) is 0. The predicted molar refractivity (Wildman–Crippen MR) is 99.4 cm³/mol. The number of rotatable bonds is 3. The third kappa shape index (κ3) is 3.14. The van der Waals surface area contributed by atoms with Crippen molar-refractivity contribution in [2.45, 2.75) is 0 Å². The van der Waals surface area contributed by atoms with Crippen LogP contribution in [0, 0.1) is 5.82 Å². The third-order valence-electron chi connectivity index (χ3n) is 3.80. The first-order chi connectivity index (χ1) is 12.2. The minimum Gasteiger partial charge on any atom is -0.322 e. The van der Waals surface area contributed by atoms with E-state index in [4.69, 9.17) is 0 Å². The van der Waals surface area contributed by atoms with Crippen LogP contribution in [0.5, 0.6) is 0 Å². The molecule has 0 aliphatic rings. The van der Waals surface area contributed by atoms with E-state index < -0.39 is 0 Å². The van der Waals surface area contributed by atoms with Crippen LogP contribution in [0.4, 0.5) is 10.1 Å². The van der Waals surface area contributed by atoms with E-state index in [0.717, 1.165) is 20.8 Å². The molecule has 0 saturated carbocycles. The van der Waals surface area contributed by atoms with Crippen LogP contribution in [0.25, 0.3) is 20.8 Å². The van der Waals surface area contributed by atoms with E-state index in [0.29, 0.717) is 11.3 Å². The van der Waals surface area contributed by atoms with E-state index in [1.807, 2.05) is 42.5 Å². The Morgan fingerprint density at radius 2 is 1.64 bits per heavy atom. The van der Waals surface area contributed by atoms with Gasteiger partial charge in [-0.25, -0.2) is 9.37 Å². The van der Waals surface area contributed by atoms with Gasteiger partial charge in [-0.05, 0) is 42.5 Å². The van der Waals surface area contributed by atoms with Gasteiger partial charge < -0.3 is 5.32 Å². The van der Waals surface area contributed by atoms with E-state index in [2.05, 4.69) is 10.3 Å². The SMILES string of the molecule is O=C(Nc1ccc(F)cc1)c1ccccc1-c1nc2ccccc2s1. The lowest BCUT2D eigenvalue weighted by Crippen LogP contribution is -2.13. The molecule has 3 aromatic carbocycles. The van der Waals surface area contributed by atoms with Crippen LogP contribution in [-0.4, -0.2) is 10.9 Å². The Balaban J connectivity index is 1.70. The molecule has 0 spiro atoms. The van der Waals surface area contributed by atoms with E-state index in [9.17, 15) is 9.18 Å². The Kier molecular flexibility index (Phi) is 3.99. The Bertz CT molecular complexity index is 1020. The van der Waals surface area contributed by atoms with Crippen LogP contribution >= 0.6 is 11.3 Å². The van der Waals surface area contributed by atoms with E-state index >= 15 is 0 Å². The Morgan fingerprint density at radius 1 is 0.920 bits per heavy atom. The van der Waals surface area contributed by atoms with E-state index in [1.54, 1.807) is 17.4 Å². The summed E-state index contributed by atoms with van der Waals surface area (Å²) in [6.45, 7) is 0. The number of thiazole rings is 1. The molecule has 122 valence electrons. The molecule has 0 bridgehead atoms. The number of para-hydroxylation sites is 1. The first-order valence-corrected chi connectivity index (χ1v) is 8.54. The number of halogens is 1. The molecule has 4 rings (SSSR count). The molecule has 4 aromatic rings. The van der Waals surface area contributed by atoms with Gasteiger partial charge in [-0.2, -0.15) is 0 Å². The zero-order chi connectivity index (χ0) is 17.2. The lowest BCUT2D eigenvalue weighted by molar-refractivity contribution is 0.102. The van der Waals surface area contributed by atoms with Gasteiger partial charge in [0.15, 0.2) is 0 Å². The number of carbonyl (C=O) groups excluding carboxylic acids is 1. The van der Waals surface area contributed by atoms with Crippen LogP contribution in [0.2, 0.25) is 0 Å². The molecule has 0 atom stereocenters. The van der Waals surface area contributed by atoms with Gasteiger partial charge >= 0.3 is 0 Å². The lowest BCUT2D eigenvalue weighted by atomic mass is 10.1. The second-order valence-corrected chi connectivity index (χ2v) is 6.52. The minimum atomic E-state index is -0.340. The van der Waals surface area contributed by atoms with Crippen LogP contribution in [0.3, 0.4) is 0 Å². The van der Waals surface area contributed by atoms with Crippen molar-refractivity contribution in [3.63, 3.8) is 0 Å². The molecule has 0 saturated heterocycles. The number of aromatic nitrogens is 1. The molecule has 3 nitrogen and oxygen atoms in total. The third-order valence-corrected chi connectivity index (χ3v) is 4.87. The van der Waals surface area contributed by atoms with Gasteiger partial charge in [0.25, 0.3) is 5.91 Å². The molecule has 0 radical (unpaired) electrons. The van der Waals surface area contributed by atoms with Crippen molar-refractivity contribution >= 4 is 33.1 Å². The number of nitrogens with one attached hydrogen (secondary N) is 1. The first kappa shape index (κ1) is 15.5. The first-order valence-electron chi connectivity index (χ1n) is 7.72. The maximum absolute atomic E-state index is 13.0. The summed E-state index contributed by atoms with van der Waals surface area (Å²) < 4.78 is 14.1. The van der Waals surface area contributed by atoms with Crippen molar-refractivity contribution in [2.24, 2.45) is 0 Å². The molecule has 1 N–H and O–H groups in total. The summed E-state index contributed by atoms with van der Waals surface area (Å²) in [4.78, 5) is 17.3. The highest BCUT2D eigenvalue weighted by Crippen LogP contribution is 2.32. The largest absolute Gasteiger partial charge is 0.322 e. The standard InChI is InChI=1S/C20H13FN2OS/c21-13-9-11-14(12-10-13)22-19(24)15-5-1-2-6-16(15)20-23-17-7-3-4-8-18(17)25-20/h1-12H,(H,22,24). The number of nitrogens with zero attached hydrogens (tertiary/aromatic N) is 1. The molecule has 1 amide bonds. The molecule has 0 aliphatic heterocycles. The van der Waals surface area contributed by atoms with Crippen molar-refractivity contribution in [1.29, 1.82) is 0 Å². The molecule has 0 unspecified atom stereocenters. The van der Waals surface area contributed by atoms with Crippen molar-refractivity contribution in [3.8, 4) is 10.6 Å². The zero-order valence-corrected chi connectivity index (χ0v) is 13.9. The monoisotopic (exact) mass is 348 g/mol. The fourth-order valence-electron chi connectivity index (χ4n) is 2.59. The van der Waals surface area contributed by atoms with Gasteiger partial charge in [-0.1, -0.05) is 30.3 Å². The Hall–Kier alpha value is -3.05. The summed E-state index contributed by atoms with van der Waals surface area (Å²) in [5.41, 5.74) is 2.77. The molecule has 1 heterocycles. The number of hydrogen-bond acceptors (Lipinski definition) is 3. The summed E-state index contributed by atoms with van der Waals surface area (Å²) in [6.07, 6.45) is 0. The quantitative estimate of drug-likeness (QED) is 0.542. The van der Waals surface area contributed by atoms with Crippen molar-refractivity contribution in [1.82, 2.24) is 4.98 Å². The second kappa shape index (κ2) is 6.45. The van der Waals surface area contributed by atoms with Crippen molar-refractivity contribution < 1.29 is 9.18 Å². The molecule has 0 aliphatic carbocycles.